The Morgan fingerprint density at radius 2 is 2.06 bits per heavy atom. The predicted molar refractivity (Wildman–Crippen MR) is 58.6 cm³/mol. The van der Waals surface area contributed by atoms with Crippen LogP contribution >= 0.6 is 0 Å². The van der Waals surface area contributed by atoms with Crippen LogP contribution in [0.3, 0.4) is 0 Å². The van der Waals surface area contributed by atoms with Gasteiger partial charge in [0.2, 0.25) is 5.91 Å². The second-order valence-corrected chi connectivity index (χ2v) is 4.62. The average Bonchev–Trinajstić information content (AvgIpc) is 2.79. The molecular weight excluding hydrogens is 224 g/mol. The molecule has 3 N–H and O–H groups in total. The van der Waals surface area contributed by atoms with Crippen molar-refractivity contribution in [2.45, 2.75) is 44.3 Å². The number of amides is 2. The molecule has 1 saturated heterocycles. The van der Waals surface area contributed by atoms with Crippen molar-refractivity contribution in [3.63, 3.8) is 0 Å². The summed E-state index contributed by atoms with van der Waals surface area (Å²) in [7, 11) is 0. The van der Waals surface area contributed by atoms with Crippen molar-refractivity contribution in [3.8, 4) is 0 Å². The van der Waals surface area contributed by atoms with Gasteiger partial charge in [-0.15, -0.1) is 0 Å². The summed E-state index contributed by atoms with van der Waals surface area (Å²) in [6.45, 7) is 0.410. The third kappa shape index (κ3) is 2.95. The molecule has 1 heterocycles. The van der Waals surface area contributed by atoms with Crippen LogP contribution in [0.25, 0.3) is 0 Å². The number of carbonyl (C=O) groups is 2. The van der Waals surface area contributed by atoms with Crippen LogP contribution in [0, 0.1) is 5.92 Å². The maximum absolute atomic E-state index is 11.7. The van der Waals surface area contributed by atoms with Crippen LogP contribution in [0.2, 0.25) is 0 Å². The number of hydrogen-bond donors (Lipinski definition) is 3. The van der Waals surface area contributed by atoms with Crippen molar-refractivity contribution >= 4 is 11.8 Å². The van der Waals surface area contributed by atoms with E-state index in [1.165, 1.54) is 0 Å². The lowest BCUT2D eigenvalue weighted by atomic mass is 9.95. The van der Waals surface area contributed by atoms with Crippen LogP contribution in [0.5, 0.6) is 0 Å². The van der Waals surface area contributed by atoms with E-state index in [1.54, 1.807) is 0 Å². The fourth-order valence-corrected chi connectivity index (χ4v) is 2.30. The first kappa shape index (κ1) is 12.3. The van der Waals surface area contributed by atoms with Crippen molar-refractivity contribution in [1.29, 1.82) is 0 Å². The van der Waals surface area contributed by atoms with Crippen LogP contribution in [0.1, 0.15) is 32.1 Å². The molecule has 6 heteroatoms. The van der Waals surface area contributed by atoms with Gasteiger partial charge in [-0.25, -0.2) is 5.48 Å². The zero-order chi connectivity index (χ0) is 12.3. The minimum atomic E-state index is -1.05. The summed E-state index contributed by atoms with van der Waals surface area (Å²) in [6.07, 6.45) is 3.59. The first-order valence-corrected chi connectivity index (χ1v) is 6.10. The third-order valence-corrected chi connectivity index (χ3v) is 3.32. The normalized spacial score (nSPS) is 30.1. The van der Waals surface area contributed by atoms with E-state index in [-0.39, 0.29) is 6.10 Å². The summed E-state index contributed by atoms with van der Waals surface area (Å²) in [4.78, 5) is 28.4. The SMILES string of the molecule is O=C1NCCC(O)C1C(=O)NOC1CCCC1. The standard InChI is InChI=1S/C11H18N2O4/c14-8-5-6-12-10(15)9(8)11(16)13-17-7-3-1-2-4-7/h7-9,14H,1-6H2,(H,12,15)(H,13,16). The fraction of sp³-hybridized carbons (Fsp3) is 0.818. The number of carbonyl (C=O) groups excluding carboxylic acids is 2. The molecule has 0 aromatic heterocycles. The maximum atomic E-state index is 11.7. The molecule has 2 rings (SSSR count). The van der Waals surface area contributed by atoms with Crippen molar-refractivity contribution < 1.29 is 19.5 Å². The topological polar surface area (TPSA) is 87.7 Å². The number of nitrogens with one attached hydrogen (secondary N) is 2. The van der Waals surface area contributed by atoms with Gasteiger partial charge in [-0.05, 0) is 19.3 Å². The Bertz CT molecular complexity index is 302. The highest BCUT2D eigenvalue weighted by atomic mass is 16.7. The molecule has 0 spiro atoms. The lowest BCUT2D eigenvalue weighted by Crippen LogP contribution is -2.52. The number of hydrogen-bond acceptors (Lipinski definition) is 4. The molecule has 1 aliphatic heterocycles. The van der Waals surface area contributed by atoms with Gasteiger partial charge in [0.15, 0.2) is 0 Å². The molecule has 2 unspecified atom stereocenters. The van der Waals surface area contributed by atoms with Crippen molar-refractivity contribution in [2.24, 2.45) is 5.92 Å². The molecule has 2 fully saturated rings. The highest BCUT2D eigenvalue weighted by Crippen LogP contribution is 2.20. The summed E-state index contributed by atoms with van der Waals surface area (Å²) < 4.78 is 0. The number of rotatable bonds is 3. The van der Waals surface area contributed by atoms with E-state index in [4.69, 9.17) is 4.84 Å². The Hall–Kier alpha value is -1.14. The van der Waals surface area contributed by atoms with Gasteiger partial charge in [0.25, 0.3) is 5.91 Å². The van der Waals surface area contributed by atoms with Crippen molar-refractivity contribution in [3.05, 3.63) is 0 Å². The first-order chi connectivity index (χ1) is 8.18. The molecule has 2 aliphatic rings. The predicted octanol–water partition coefficient (Wildman–Crippen LogP) is -0.526. The largest absolute Gasteiger partial charge is 0.392 e. The molecule has 0 radical (unpaired) electrons. The van der Waals surface area contributed by atoms with Crippen LogP contribution in [0.15, 0.2) is 0 Å². The van der Waals surface area contributed by atoms with Gasteiger partial charge < -0.3 is 10.4 Å². The highest BCUT2D eigenvalue weighted by molar-refractivity contribution is 6.01. The lowest BCUT2D eigenvalue weighted by Gasteiger charge is -2.26. The van der Waals surface area contributed by atoms with Gasteiger partial charge in [0.05, 0.1) is 12.2 Å². The van der Waals surface area contributed by atoms with E-state index in [0.717, 1.165) is 25.7 Å². The van der Waals surface area contributed by atoms with E-state index in [0.29, 0.717) is 13.0 Å². The quantitative estimate of drug-likeness (QED) is 0.459. The second-order valence-electron chi connectivity index (χ2n) is 4.62. The van der Waals surface area contributed by atoms with Gasteiger partial charge >= 0.3 is 0 Å². The van der Waals surface area contributed by atoms with Gasteiger partial charge in [-0.1, -0.05) is 12.8 Å². The molecule has 1 aliphatic carbocycles. The van der Waals surface area contributed by atoms with Gasteiger partial charge in [-0.3, -0.25) is 14.4 Å². The van der Waals surface area contributed by atoms with Crippen LogP contribution in [0.4, 0.5) is 0 Å². The average molecular weight is 242 g/mol. The molecule has 96 valence electrons. The number of hydroxylamine groups is 1. The molecule has 2 amide bonds. The zero-order valence-electron chi connectivity index (χ0n) is 9.65. The molecular formula is C11H18N2O4. The minimum Gasteiger partial charge on any atom is -0.392 e. The fourth-order valence-electron chi connectivity index (χ4n) is 2.30. The summed E-state index contributed by atoms with van der Waals surface area (Å²) in [5.74, 6) is -2.04. The minimum absolute atomic E-state index is 0.0442. The maximum Gasteiger partial charge on any atom is 0.258 e. The van der Waals surface area contributed by atoms with Gasteiger partial charge in [-0.2, -0.15) is 0 Å². The monoisotopic (exact) mass is 242 g/mol. The van der Waals surface area contributed by atoms with Crippen LogP contribution in [-0.4, -0.2) is 35.7 Å². The highest BCUT2D eigenvalue weighted by Gasteiger charge is 2.37. The number of aliphatic hydroxyl groups excluding tert-OH is 1. The molecule has 6 nitrogen and oxygen atoms in total. The Morgan fingerprint density at radius 3 is 2.71 bits per heavy atom. The second kappa shape index (κ2) is 5.46. The Morgan fingerprint density at radius 1 is 1.35 bits per heavy atom. The molecule has 2 atom stereocenters. The lowest BCUT2D eigenvalue weighted by molar-refractivity contribution is -0.153. The molecule has 1 saturated carbocycles. The first-order valence-electron chi connectivity index (χ1n) is 6.10. The Kier molecular flexibility index (Phi) is 3.96. The Balaban J connectivity index is 1.83. The Labute approximate surface area is 99.7 Å². The van der Waals surface area contributed by atoms with Crippen molar-refractivity contribution in [1.82, 2.24) is 10.8 Å². The summed E-state index contributed by atoms with van der Waals surface area (Å²) in [5, 5.41) is 12.2. The van der Waals surface area contributed by atoms with E-state index in [1.807, 2.05) is 0 Å². The van der Waals surface area contributed by atoms with Crippen molar-refractivity contribution in [2.75, 3.05) is 6.54 Å². The third-order valence-electron chi connectivity index (χ3n) is 3.32. The molecule has 0 aromatic rings. The smallest absolute Gasteiger partial charge is 0.258 e. The number of piperidine rings is 1. The van der Waals surface area contributed by atoms with Gasteiger partial charge in [0, 0.05) is 6.54 Å². The zero-order valence-corrected chi connectivity index (χ0v) is 9.65. The van der Waals surface area contributed by atoms with Crippen LogP contribution in [-0.2, 0) is 14.4 Å². The number of aliphatic hydroxyl groups is 1. The van der Waals surface area contributed by atoms with E-state index in [9.17, 15) is 14.7 Å². The van der Waals surface area contributed by atoms with E-state index < -0.39 is 23.8 Å². The summed E-state index contributed by atoms with van der Waals surface area (Å²) in [6, 6.07) is 0. The molecule has 0 bridgehead atoms. The molecule has 17 heavy (non-hydrogen) atoms. The molecule has 0 aromatic carbocycles. The van der Waals surface area contributed by atoms with E-state index >= 15 is 0 Å². The summed E-state index contributed by atoms with van der Waals surface area (Å²) in [5.41, 5.74) is 2.30. The summed E-state index contributed by atoms with van der Waals surface area (Å²) >= 11 is 0. The van der Waals surface area contributed by atoms with Gasteiger partial charge in [0.1, 0.15) is 5.92 Å². The van der Waals surface area contributed by atoms with Crippen LogP contribution < -0.4 is 10.8 Å². The van der Waals surface area contributed by atoms with E-state index in [2.05, 4.69) is 10.8 Å².